The van der Waals surface area contributed by atoms with E-state index in [-0.39, 0.29) is 0 Å². The van der Waals surface area contributed by atoms with Crippen LogP contribution in [0.3, 0.4) is 0 Å². The van der Waals surface area contributed by atoms with Crippen molar-refractivity contribution < 1.29 is 0 Å². The molecule has 14 heavy (non-hydrogen) atoms. The van der Waals surface area contributed by atoms with Gasteiger partial charge >= 0.3 is 0 Å². The third-order valence-corrected chi connectivity index (χ3v) is 3.42. The Hall–Kier alpha value is -0.830. The summed E-state index contributed by atoms with van der Waals surface area (Å²) < 4.78 is 3.14. The minimum atomic E-state index is 0.778. The number of hydrogen-bond acceptors (Lipinski definition) is 1. The molecule has 0 spiro atoms. The first-order valence-electron chi connectivity index (χ1n) is 4.89. The summed E-state index contributed by atoms with van der Waals surface area (Å²) in [5.74, 6) is 0.778. The highest BCUT2D eigenvalue weighted by molar-refractivity contribution is 9.10. The van der Waals surface area contributed by atoms with Crippen LogP contribution < -0.4 is 0 Å². The first-order chi connectivity index (χ1) is 6.75. The monoisotopic (exact) mass is 250 g/mol. The maximum atomic E-state index is 4.34. The smallest absolute Gasteiger partial charge is 0.0832 e. The van der Waals surface area contributed by atoms with E-state index in [1.165, 1.54) is 29.5 Å². The van der Waals surface area contributed by atoms with Gasteiger partial charge < -0.3 is 0 Å². The highest BCUT2D eigenvalue weighted by atomic mass is 79.9. The lowest BCUT2D eigenvalue weighted by molar-refractivity contribution is 0.929. The van der Waals surface area contributed by atoms with E-state index in [2.05, 4.69) is 40.2 Å². The third kappa shape index (κ3) is 1.19. The van der Waals surface area contributed by atoms with Crippen molar-refractivity contribution in [3.8, 4) is 0 Å². The van der Waals surface area contributed by atoms with Gasteiger partial charge in [0.05, 0.1) is 11.7 Å². The van der Waals surface area contributed by atoms with Crippen molar-refractivity contribution in [1.29, 1.82) is 0 Å². The van der Waals surface area contributed by atoms with Crippen molar-refractivity contribution in [1.82, 2.24) is 9.61 Å². The van der Waals surface area contributed by atoms with Crippen LogP contribution in [-0.4, -0.2) is 9.61 Å². The van der Waals surface area contributed by atoms with Gasteiger partial charge in [0.25, 0.3) is 0 Å². The Bertz CT molecular complexity index is 497. The van der Waals surface area contributed by atoms with E-state index in [9.17, 15) is 0 Å². The lowest BCUT2D eigenvalue weighted by Gasteiger charge is -2.03. The maximum Gasteiger partial charge on any atom is 0.0832 e. The van der Waals surface area contributed by atoms with Gasteiger partial charge in [-0.1, -0.05) is 0 Å². The Morgan fingerprint density at radius 1 is 1.50 bits per heavy atom. The second-order valence-electron chi connectivity index (χ2n) is 4.02. The zero-order valence-corrected chi connectivity index (χ0v) is 9.58. The maximum absolute atomic E-state index is 4.34. The zero-order valence-electron chi connectivity index (χ0n) is 8.00. The Morgan fingerprint density at radius 2 is 2.29 bits per heavy atom. The number of rotatable bonds is 1. The molecule has 0 amide bonds. The first kappa shape index (κ1) is 8.48. The minimum Gasteiger partial charge on any atom is -0.239 e. The molecule has 2 aromatic heterocycles. The Labute approximate surface area is 91.1 Å². The lowest BCUT2D eigenvalue weighted by atomic mass is 10.2. The van der Waals surface area contributed by atoms with Crippen LogP contribution in [0.4, 0.5) is 0 Å². The Balaban J connectivity index is 2.29. The Kier molecular flexibility index (Phi) is 1.71. The molecule has 0 N–H and O–H groups in total. The zero-order chi connectivity index (χ0) is 9.71. The van der Waals surface area contributed by atoms with Gasteiger partial charge in [-0.05, 0) is 58.8 Å². The molecule has 0 unspecified atom stereocenters. The van der Waals surface area contributed by atoms with Gasteiger partial charge in [-0.2, -0.15) is 5.10 Å². The molecule has 0 bridgehead atoms. The first-order valence-corrected chi connectivity index (χ1v) is 5.68. The molecular weight excluding hydrogens is 240 g/mol. The normalized spacial score (nSPS) is 16.4. The van der Waals surface area contributed by atoms with Gasteiger partial charge in [0, 0.05) is 10.7 Å². The van der Waals surface area contributed by atoms with Crippen molar-refractivity contribution in [3.05, 3.63) is 34.1 Å². The van der Waals surface area contributed by atoms with Crippen LogP contribution in [0.5, 0.6) is 0 Å². The van der Waals surface area contributed by atoms with Crippen LogP contribution >= 0.6 is 15.9 Å². The van der Waals surface area contributed by atoms with Crippen LogP contribution in [0.1, 0.15) is 29.9 Å². The number of fused-ring (bicyclic) bond motifs is 1. The molecule has 0 aliphatic heterocycles. The molecule has 1 saturated carbocycles. The van der Waals surface area contributed by atoms with Gasteiger partial charge in [0.2, 0.25) is 0 Å². The van der Waals surface area contributed by atoms with Gasteiger partial charge in [0.1, 0.15) is 0 Å². The molecule has 1 aliphatic carbocycles. The number of nitrogens with zero attached hydrogens (tertiary/aromatic N) is 2. The topological polar surface area (TPSA) is 17.3 Å². The lowest BCUT2D eigenvalue weighted by Crippen LogP contribution is -1.91. The molecule has 0 radical (unpaired) electrons. The molecule has 1 fully saturated rings. The molecule has 2 nitrogen and oxygen atoms in total. The summed E-state index contributed by atoms with van der Waals surface area (Å²) in [5.41, 5.74) is 3.82. The van der Waals surface area contributed by atoms with Crippen molar-refractivity contribution in [3.63, 3.8) is 0 Å². The summed E-state index contributed by atoms with van der Waals surface area (Å²) in [6.45, 7) is 2.09. The quantitative estimate of drug-likeness (QED) is 0.760. The summed E-state index contributed by atoms with van der Waals surface area (Å²) in [6.07, 6.45) is 6.73. The molecule has 72 valence electrons. The average Bonchev–Trinajstić information content (AvgIpc) is 2.92. The fourth-order valence-corrected chi connectivity index (χ4v) is 2.64. The van der Waals surface area contributed by atoms with Crippen molar-refractivity contribution >= 4 is 21.4 Å². The highest BCUT2D eigenvalue weighted by Crippen LogP contribution is 2.41. The van der Waals surface area contributed by atoms with Gasteiger partial charge in [0.15, 0.2) is 0 Å². The van der Waals surface area contributed by atoms with E-state index in [1.807, 2.05) is 10.7 Å². The summed E-state index contributed by atoms with van der Waals surface area (Å²) in [7, 11) is 0. The third-order valence-electron chi connectivity index (χ3n) is 2.82. The van der Waals surface area contributed by atoms with E-state index in [0.717, 1.165) is 10.4 Å². The molecule has 0 atom stereocenters. The standard InChI is InChI=1S/C11H11BrN2/c1-7-5-13-14-6-9(8-2-3-8)4-10(12)11(7)14/h4-6,8H,2-3H2,1H3. The number of hydrogen-bond donors (Lipinski definition) is 0. The summed E-state index contributed by atoms with van der Waals surface area (Å²) >= 11 is 3.61. The average molecular weight is 251 g/mol. The molecule has 0 aromatic carbocycles. The minimum absolute atomic E-state index is 0.778. The second kappa shape index (κ2) is 2.83. The van der Waals surface area contributed by atoms with Gasteiger partial charge in [-0.25, -0.2) is 4.52 Å². The number of pyridine rings is 1. The van der Waals surface area contributed by atoms with Crippen LogP contribution in [0.2, 0.25) is 0 Å². The van der Waals surface area contributed by atoms with Crippen LogP contribution in [0, 0.1) is 6.92 Å². The van der Waals surface area contributed by atoms with Crippen molar-refractivity contribution in [2.75, 3.05) is 0 Å². The van der Waals surface area contributed by atoms with E-state index in [1.54, 1.807) is 0 Å². The molecule has 2 heterocycles. The molecule has 1 aliphatic rings. The largest absolute Gasteiger partial charge is 0.239 e. The number of halogens is 1. The van der Waals surface area contributed by atoms with E-state index in [4.69, 9.17) is 0 Å². The van der Waals surface area contributed by atoms with E-state index in [0.29, 0.717) is 0 Å². The van der Waals surface area contributed by atoms with Crippen molar-refractivity contribution in [2.45, 2.75) is 25.7 Å². The molecule has 2 aromatic rings. The fraction of sp³-hybridized carbons (Fsp3) is 0.364. The highest BCUT2D eigenvalue weighted by Gasteiger charge is 2.24. The molecular formula is C11H11BrN2. The van der Waals surface area contributed by atoms with Crippen LogP contribution in [0.25, 0.3) is 5.52 Å². The van der Waals surface area contributed by atoms with Gasteiger partial charge in [-0.15, -0.1) is 0 Å². The van der Waals surface area contributed by atoms with E-state index < -0.39 is 0 Å². The van der Waals surface area contributed by atoms with Crippen LogP contribution in [0.15, 0.2) is 22.9 Å². The summed E-state index contributed by atoms with van der Waals surface area (Å²) in [5, 5.41) is 4.34. The van der Waals surface area contributed by atoms with E-state index >= 15 is 0 Å². The number of aryl methyl sites for hydroxylation is 1. The van der Waals surface area contributed by atoms with Crippen LogP contribution in [-0.2, 0) is 0 Å². The molecule has 0 saturated heterocycles. The predicted molar refractivity (Wildman–Crippen MR) is 59.6 cm³/mol. The summed E-state index contributed by atoms with van der Waals surface area (Å²) in [4.78, 5) is 0. The molecule has 3 rings (SSSR count). The number of aromatic nitrogens is 2. The van der Waals surface area contributed by atoms with Crippen molar-refractivity contribution in [2.24, 2.45) is 0 Å². The fourth-order valence-electron chi connectivity index (χ4n) is 1.88. The SMILES string of the molecule is Cc1cnn2cc(C3CC3)cc(Br)c12. The predicted octanol–water partition coefficient (Wildman–Crippen LogP) is 3.28. The Morgan fingerprint density at radius 3 is 3.00 bits per heavy atom. The second-order valence-corrected chi connectivity index (χ2v) is 4.87. The van der Waals surface area contributed by atoms with Gasteiger partial charge in [-0.3, -0.25) is 0 Å². The molecule has 3 heteroatoms. The summed E-state index contributed by atoms with van der Waals surface area (Å²) in [6, 6.07) is 2.24.